The first-order valence-electron chi connectivity index (χ1n) is 7.57. The maximum absolute atomic E-state index is 6.43. The van der Waals surface area contributed by atoms with Gasteiger partial charge in [-0.3, -0.25) is 4.90 Å². The third kappa shape index (κ3) is 3.23. The van der Waals surface area contributed by atoms with Gasteiger partial charge in [0.05, 0.1) is 0 Å². The Kier molecular flexibility index (Phi) is 4.48. The number of hydrogen-bond acceptors (Lipinski definition) is 2. The van der Waals surface area contributed by atoms with Crippen LogP contribution in [-0.2, 0) is 0 Å². The van der Waals surface area contributed by atoms with E-state index in [2.05, 4.69) is 25.7 Å². The van der Waals surface area contributed by atoms with Crippen LogP contribution in [0.4, 0.5) is 0 Å². The van der Waals surface area contributed by atoms with Crippen molar-refractivity contribution >= 4 is 0 Å². The van der Waals surface area contributed by atoms with Crippen molar-refractivity contribution in [2.75, 3.05) is 13.1 Å². The zero-order chi connectivity index (χ0) is 12.4. The summed E-state index contributed by atoms with van der Waals surface area (Å²) in [6.07, 6.45) is 6.73. The number of likely N-dealkylation sites (tertiary alicyclic amines) is 1. The monoisotopic (exact) mass is 238 g/mol. The van der Waals surface area contributed by atoms with Gasteiger partial charge in [0, 0.05) is 12.1 Å². The first-order chi connectivity index (χ1) is 8.08. The van der Waals surface area contributed by atoms with Crippen LogP contribution in [0.5, 0.6) is 0 Å². The molecule has 100 valence electrons. The van der Waals surface area contributed by atoms with Gasteiger partial charge in [0.25, 0.3) is 0 Å². The Morgan fingerprint density at radius 1 is 0.941 bits per heavy atom. The summed E-state index contributed by atoms with van der Waals surface area (Å²) < 4.78 is 0. The normalized spacial score (nSPS) is 45.5. The van der Waals surface area contributed by atoms with Crippen molar-refractivity contribution in [3.05, 3.63) is 0 Å². The van der Waals surface area contributed by atoms with Gasteiger partial charge in [-0.05, 0) is 62.9 Å². The molecule has 0 bridgehead atoms. The predicted octanol–water partition coefficient (Wildman–Crippen LogP) is 2.87. The number of rotatable bonds is 1. The highest BCUT2D eigenvalue weighted by Crippen LogP contribution is 2.32. The van der Waals surface area contributed by atoms with E-state index in [1.807, 2.05) is 0 Å². The molecule has 0 aromatic carbocycles. The summed E-state index contributed by atoms with van der Waals surface area (Å²) in [7, 11) is 0. The van der Waals surface area contributed by atoms with Gasteiger partial charge in [-0.2, -0.15) is 0 Å². The lowest BCUT2D eigenvalue weighted by atomic mass is 9.76. The Bertz CT molecular complexity index is 229. The summed E-state index contributed by atoms with van der Waals surface area (Å²) in [6, 6.07) is 1.05. The molecule has 17 heavy (non-hydrogen) atoms. The fourth-order valence-corrected chi connectivity index (χ4v) is 4.11. The van der Waals surface area contributed by atoms with Crippen LogP contribution in [0.1, 0.15) is 52.9 Å². The van der Waals surface area contributed by atoms with Crippen LogP contribution in [0.2, 0.25) is 0 Å². The molecule has 2 rings (SSSR count). The zero-order valence-electron chi connectivity index (χ0n) is 11.9. The van der Waals surface area contributed by atoms with Crippen molar-refractivity contribution in [1.82, 2.24) is 4.90 Å². The lowest BCUT2D eigenvalue weighted by Crippen LogP contribution is -2.55. The molecule has 0 radical (unpaired) electrons. The molecule has 0 amide bonds. The topological polar surface area (TPSA) is 29.3 Å². The average molecular weight is 238 g/mol. The van der Waals surface area contributed by atoms with Crippen LogP contribution < -0.4 is 5.73 Å². The lowest BCUT2D eigenvalue weighted by molar-refractivity contribution is 0.0773. The Morgan fingerprint density at radius 3 is 2.41 bits per heavy atom. The lowest BCUT2D eigenvalue weighted by Gasteiger charge is -2.44. The van der Waals surface area contributed by atoms with Crippen LogP contribution in [-0.4, -0.2) is 30.1 Å². The van der Waals surface area contributed by atoms with Gasteiger partial charge in [-0.15, -0.1) is 0 Å². The van der Waals surface area contributed by atoms with Crippen molar-refractivity contribution in [3.8, 4) is 0 Å². The second kappa shape index (κ2) is 5.71. The SMILES string of the molecule is CC1CCCN(C2C(C)CC(C)CC2N)CC1. The van der Waals surface area contributed by atoms with Crippen molar-refractivity contribution in [3.63, 3.8) is 0 Å². The second-order valence-electron chi connectivity index (χ2n) is 6.78. The van der Waals surface area contributed by atoms with Crippen LogP contribution >= 0.6 is 0 Å². The minimum absolute atomic E-state index is 0.405. The number of nitrogens with two attached hydrogens (primary N) is 1. The summed E-state index contributed by atoms with van der Waals surface area (Å²) in [6.45, 7) is 9.72. The summed E-state index contributed by atoms with van der Waals surface area (Å²) in [4.78, 5) is 2.71. The standard InChI is InChI=1S/C15H30N2/c1-11-5-4-7-17(8-6-11)15-13(3)9-12(2)10-14(15)16/h11-15H,4-10,16H2,1-3H3. The molecule has 2 nitrogen and oxygen atoms in total. The molecule has 5 atom stereocenters. The van der Waals surface area contributed by atoms with E-state index in [4.69, 9.17) is 5.73 Å². The van der Waals surface area contributed by atoms with Crippen LogP contribution in [0.3, 0.4) is 0 Å². The molecule has 2 aliphatic rings. The van der Waals surface area contributed by atoms with Gasteiger partial charge in [0.2, 0.25) is 0 Å². The third-order valence-corrected chi connectivity index (χ3v) is 4.94. The molecule has 5 unspecified atom stereocenters. The Hall–Kier alpha value is -0.0800. The van der Waals surface area contributed by atoms with Crippen molar-refractivity contribution in [2.45, 2.75) is 65.0 Å². The largest absolute Gasteiger partial charge is 0.326 e. The van der Waals surface area contributed by atoms with Gasteiger partial charge in [-0.25, -0.2) is 0 Å². The fourth-order valence-electron chi connectivity index (χ4n) is 4.11. The van der Waals surface area contributed by atoms with Gasteiger partial charge in [0.1, 0.15) is 0 Å². The molecule has 0 aromatic heterocycles. The Balaban J connectivity index is 1.99. The van der Waals surface area contributed by atoms with E-state index in [1.165, 1.54) is 45.2 Å². The molecule has 1 saturated carbocycles. The molecule has 2 N–H and O–H groups in total. The molecule has 0 spiro atoms. The maximum Gasteiger partial charge on any atom is 0.0272 e. The molecule has 2 fully saturated rings. The van der Waals surface area contributed by atoms with E-state index >= 15 is 0 Å². The van der Waals surface area contributed by atoms with E-state index < -0.39 is 0 Å². The number of hydrogen-bond donors (Lipinski definition) is 1. The van der Waals surface area contributed by atoms with E-state index in [0.717, 1.165) is 17.8 Å². The van der Waals surface area contributed by atoms with Gasteiger partial charge in [-0.1, -0.05) is 20.8 Å². The fraction of sp³-hybridized carbons (Fsp3) is 1.00. The molecule has 1 aliphatic heterocycles. The minimum Gasteiger partial charge on any atom is -0.326 e. The second-order valence-corrected chi connectivity index (χ2v) is 6.78. The number of nitrogens with zero attached hydrogens (tertiary/aromatic N) is 1. The average Bonchev–Trinajstić information content (AvgIpc) is 2.42. The molecular formula is C15H30N2. The molecular weight excluding hydrogens is 208 g/mol. The summed E-state index contributed by atoms with van der Waals surface area (Å²) in [5.41, 5.74) is 6.43. The Labute approximate surface area is 107 Å². The van der Waals surface area contributed by atoms with E-state index in [9.17, 15) is 0 Å². The quantitative estimate of drug-likeness (QED) is 0.761. The van der Waals surface area contributed by atoms with Crippen molar-refractivity contribution < 1.29 is 0 Å². The predicted molar refractivity (Wildman–Crippen MR) is 73.9 cm³/mol. The zero-order valence-corrected chi connectivity index (χ0v) is 11.9. The van der Waals surface area contributed by atoms with Gasteiger partial charge in [0.15, 0.2) is 0 Å². The molecule has 1 heterocycles. The van der Waals surface area contributed by atoms with E-state index in [-0.39, 0.29) is 0 Å². The highest BCUT2D eigenvalue weighted by atomic mass is 15.2. The van der Waals surface area contributed by atoms with Gasteiger partial charge >= 0.3 is 0 Å². The summed E-state index contributed by atoms with van der Waals surface area (Å²) in [5, 5.41) is 0. The van der Waals surface area contributed by atoms with Gasteiger partial charge < -0.3 is 5.73 Å². The molecule has 1 saturated heterocycles. The van der Waals surface area contributed by atoms with E-state index in [1.54, 1.807) is 0 Å². The van der Waals surface area contributed by atoms with E-state index in [0.29, 0.717) is 12.1 Å². The summed E-state index contributed by atoms with van der Waals surface area (Å²) >= 11 is 0. The van der Waals surface area contributed by atoms with Crippen LogP contribution in [0, 0.1) is 17.8 Å². The molecule has 0 aromatic rings. The summed E-state index contributed by atoms with van der Waals surface area (Å²) in [5.74, 6) is 2.51. The van der Waals surface area contributed by atoms with Crippen molar-refractivity contribution in [1.29, 1.82) is 0 Å². The first kappa shape index (κ1) is 13.4. The van der Waals surface area contributed by atoms with Crippen LogP contribution in [0.25, 0.3) is 0 Å². The highest BCUT2D eigenvalue weighted by molar-refractivity contribution is 4.92. The molecule has 1 aliphatic carbocycles. The first-order valence-corrected chi connectivity index (χ1v) is 7.57. The maximum atomic E-state index is 6.43. The highest BCUT2D eigenvalue weighted by Gasteiger charge is 2.36. The minimum atomic E-state index is 0.405. The van der Waals surface area contributed by atoms with Crippen LogP contribution in [0.15, 0.2) is 0 Å². The Morgan fingerprint density at radius 2 is 1.71 bits per heavy atom. The molecule has 2 heteroatoms. The smallest absolute Gasteiger partial charge is 0.0272 e. The third-order valence-electron chi connectivity index (χ3n) is 4.94. The van der Waals surface area contributed by atoms with Crippen molar-refractivity contribution in [2.24, 2.45) is 23.5 Å².